The van der Waals surface area contributed by atoms with Gasteiger partial charge in [-0.2, -0.15) is 0 Å². The first-order valence-corrected chi connectivity index (χ1v) is 14.2. The highest BCUT2D eigenvalue weighted by Crippen LogP contribution is 2.21. The molecular formula is C29H37FN8O5. The molecule has 1 aliphatic heterocycles. The van der Waals surface area contributed by atoms with E-state index in [-0.39, 0.29) is 66.9 Å². The summed E-state index contributed by atoms with van der Waals surface area (Å²) < 4.78 is 21.5. The van der Waals surface area contributed by atoms with E-state index in [1.54, 1.807) is 29.6 Å². The van der Waals surface area contributed by atoms with Gasteiger partial charge < -0.3 is 25.3 Å². The number of aromatic amines is 1. The van der Waals surface area contributed by atoms with Gasteiger partial charge in [0.15, 0.2) is 0 Å². The number of hydrogen-bond acceptors (Lipinski definition) is 8. The predicted octanol–water partition coefficient (Wildman–Crippen LogP) is 1.08. The second kappa shape index (κ2) is 14.0. The van der Waals surface area contributed by atoms with Crippen LogP contribution in [-0.2, 0) is 29.0 Å². The fourth-order valence-corrected chi connectivity index (χ4v) is 4.83. The van der Waals surface area contributed by atoms with Crippen molar-refractivity contribution in [1.29, 1.82) is 0 Å². The molecule has 1 aromatic carbocycles. The number of rotatable bonds is 4. The third-order valence-corrected chi connectivity index (χ3v) is 7.02. The molecule has 0 aliphatic carbocycles. The van der Waals surface area contributed by atoms with Crippen molar-refractivity contribution < 1.29 is 23.5 Å². The Bertz CT molecular complexity index is 1540. The highest BCUT2D eigenvalue weighted by Gasteiger charge is 2.25. The topological polar surface area (TPSA) is 164 Å². The lowest BCUT2D eigenvalue weighted by Crippen LogP contribution is -2.49. The number of carbonyl (C=O) groups excluding carboxylic acids is 3. The van der Waals surface area contributed by atoms with E-state index in [4.69, 9.17) is 4.74 Å². The minimum Gasteiger partial charge on any atom is -0.491 e. The molecule has 3 aromatic rings. The fraction of sp³-hybridized carbons (Fsp3) is 0.483. The Kier molecular flexibility index (Phi) is 10.2. The summed E-state index contributed by atoms with van der Waals surface area (Å²) in [7, 11) is 0. The normalized spacial score (nSPS) is 16.9. The number of amides is 3. The van der Waals surface area contributed by atoms with Gasteiger partial charge in [-0.15, -0.1) is 5.10 Å². The molecule has 0 saturated carbocycles. The van der Waals surface area contributed by atoms with Crippen LogP contribution < -0.4 is 20.9 Å². The summed E-state index contributed by atoms with van der Waals surface area (Å²) in [4.78, 5) is 60.9. The van der Waals surface area contributed by atoms with E-state index >= 15 is 0 Å². The molecule has 3 amide bonds. The number of nitrogens with zero attached hydrogens (tertiary/aromatic N) is 5. The zero-order chi connectivity index (χ0) is 31.1. The second-order valence-corrected chi connectivity index (χ2v) is 10.9. The van der Waals surface area contributed by atoms with Crippen LogP contribution in [0.5, 0.6) is 5.75 Å². The van der Waals surface area contributed by atoms with Gasteiger partial charge in [-0.3, -0.25) is 19.2 Å². The molecule has 3 heterocycles. The summed E-state index contributed by atoms with van der Waals surface area (Å²) in [6.45, 7) is 8.12. The average molecular weight is 597 g/mol. The smallest absolute Gasteiger partial charge is 0.255 e. The van der Waals surface area contributed by atoms with Crippen LogP contribution >= 0.6 is 0 Å². The van der Waals surface area contributed by atoms with Crippen LogP contribution in [0, 0.1) is 25.6 Å². The van der Waals surface area contributed by atoms with Crippen molar-refractivity contribution >= 4 is 17.7 Å². The van der Waals surface area contributed by atoms with Crippen molar-refractivity contribution in [1.82, 2.24) is 40.5 Å². The molecule has 13 nitrogen and oxygen atoms in total. The number of aryl methyl sites for hydroxylation is 2. The number of aromatic nitrogens is 5. The molecule has 0 unspecified atom stereocenters. The number of halogens is 1. The number of fused-ring (bicyclic) bond motifs is 3. The Morgan fingerprint density at radius 2 is 1.95 bits per heavy atom. The molecule has 0 radical (unpaired) electrons. The zero-order valence-corrected chi connectivity index (χ0v) is 24.8. The molecule has 2 bridgehead atoms. The van der Waals surface area contributed by atoms with Crippen molar-refractivity contribution in [3.05, 3.63) is 68.9 Å². The molecule has 0 saturated heterocycles. The largest absolute Gasteiger partial charge is 0.491 e. The molecule has 0 spiro atoms. The van der Waals surface area contributed by atoms with Crippen LogP contribution in [0.4, 0.5) is 4.39 Å². The number of carbonyl (C=O) groups is 3. The van der Waals surface area contributed by atoms with E-state index in [0.717, 1.165) is 6.07 Å². The fourth-order valence-electron chi connectivity index (χ4n) is 4.83. The van der Waals surface area contributed by atoms with Crippen LogP contribution in [-0.4, -0.2) is 79.9 Å². The van der Waals surface area contributed by atoms with E-state index in [1.807, 2.05) is 13.8 Å². The lowest BCUT2D eigenvalue weighted by Gasteiger charge is -2.25. The molecule has 0 fully saturated rings. The summed E-state index contributed by atoms with van der Waals surface area (Å²) >= 11 is 0. The van der Waals surface area contributed by atoms with Crippen molar-refractivity contribution in [2.45, 2.75) is 59.5 Å². The van der Waals surface area contributed by atoms with E-state index in [1.165, 1.54) is 12.1 Å². The van der Waals surface area contributed by atoms with Gasteiger partial charge in [0, 0.05) is 43.5 Å². The number of benzene rings is 1. The Morgan fingerprint density at radius 1 is 1.16 bits per heavy atom. The maximum Gasteiger partial charge on any atom is 0.255 e. The van der Waals surface area contributed by atoms with Crippen molar-refractivity contribution in [2.75, 3.05) is 26.2 Å². The number of ether oxygens (including phenoxy) is 1. The second-order valence-electron chi connectivity index (χ2n) is 10.9. The summed E-state index contributed by atoms with van der Waals surface area (Å²) in [5.74, 6) is -1.32. The van der Waals surface area contributed by atoms with Crippen LogP contribution in [0.3, 0.4) is 0 Å². The Balaban J connectivity index is 1.58. The molecule has 3 N–H and O–H groups in total. The maximum atomic E-state index is 14.1. The van der Waals surface area contributed by atoms with Crippen LogP contribution in [0.2, 0.25) is 0 Å². The van der Waals surface area contributed by atoms with E-state index in [2.05, 4.69) is 30.9 Å². The Hall–Kier alpha value is -4.62. The van der Waals surface area contributed by atoms with Gasteiger partial charge in [0.05, 0.1) is 24.2 Å². The van der Waals surface area contributed by atoms with Crippen molar-refractivity contribution in [3.8, 4) is 5.75 Å². The molecule has 2 aromatic heterocycles. The molecule has 230 valence electrons. The molecule has 43 heavy (non-hydrogen) atoms. The lowest BCUT2D eigenvalue weighted by molar-refractivity contribution is -0.131. The Morgan fingerprint density at radius 3 is 2.70 bits per heavy atom. The quantitative estimate of drug-likeness (QED) is 0.403. The first-order valence-electron chi connectivity index (χ1n) is 14.2. The third kappa shape index (κ3) is 8.46. The SMILES string of the molecule is Cc1nc(C)c(CC(=O)N2CCNC(=O)[C@@H](CC(C)C)NC(=O)c3cc(F)ccc3OCCn3cc(nn3)CC2)c(=O)[nH]1. The van der Waals surface area contributed by atoms with Gasteiger partial charge in [-0.05, 0) is 44.4 Å². The first kappa shape index (κ1) is 31.3. The number of hydrogen-bond donors (Lipinski definition) is 3. The van der Waals surface area contributed by atoms with Gasteiger partial charge in [0.25, 0.3) is 11.5 Å². The molecule has 14 heteroatoms. The summed E-state index contributed by atoms with van der Waals surface area (Å²) in [5.41, 5.74) is 0.985. The molecular weight excluding hydrogens is 559 g/mol. The Labute approximate surface area is 248 Å². The van der Waals surface area contributed by atoms with Gasteiger partial charge in [0.2, 0.25) is 11.8 Å². The minimum atomic E-state index is -0.906. The first-order chi connectivity index (χ1) is 20.5. The predicted molar refractivity (Wildman–Crippen MR) is 154 cm³/mol. The standard InChI is InChI=1S/C29H37FN8O5/c1-17(2)13-24-29(42)31-8-10-37(26(39)15-22-18(3)32-19(4)33-27(22)40)9-7-21-16-38(36-35-21)11-12-43-25-6-5-20(30)14-23(25)28(41)34-24/h5-6,14,16-17,24H,7-13,15H2,1-4H3,(H,31,42)(H,34,41)(H,32,33,40)/t24-/m1/s1. The third-order valence-electron chi connectivity index (χ3n) is 7.02. The molecule has 1 aliphatic rings. The summed E-state index contributed by atoms with van der Waals surface area (Å²) in [6.07, 6.45) is 2.29. The average Bonchev–Trinajstić information content (AvgIpc) is 3.39. The number of H-pyrrole nitrogens is 1. The molecule has 1 atom stereocenters. The van der Waals surface area contributed by atoms with Crippen molar-refractivity contribution in [3.63, 3.8) is 0 Å². The summed E-state index contributed by atoms with van der Waals surface area (Å²) in [5, 5.41) is 13.8. The van der Waals surface area contributed by atoms with Gasteiger partial charge >= 0.3 is 0 Å². The van der Waals surface area contributed by atoms with Gasteiger partial charge in [-0.25, -0.2) is 14.1 Å². The van der Waals surface area contributed by atoms with Crippen molar-refractivity contribution in [2.24, 2.45) is 5.92 Å². The monoisotopic (exact) mass is 596 g/mol. The number of nitrogens with one attached hydrogen (secondary N) is 3. The lowest BCUT2D eigenvalue weighted by atomic mass is 10.0. The maximum absolute atomic E-state index is 14.1. The minimum absolute atomic E-state index is 0.0328. The highest BCUT2D eigenvalue weighted by atomic mass is 19.1. The van der Waals surface area contributed by atoms with E-state index in [9.17, 15) is 23.6 Å². The summed E-state index contributed by atoms with van der Waals surface area (Å²) in [6, 6.07) is 2.74. The zero-order valence-electron chi connectivity index (χ0n) is 24.8. The van der Waals surface area contributed by atoms with Gasteiger partial charge in [0.1, 0.15) is 30.0 Å². The van der Waals surface area contributed by atoms with E-state index < -0.39 is 23.7 Å². The van der Waals surface area contributed by atoms with Crippen LogP contribution in [0.1, 0.15) is 53.4 Å². The van der Waals surface area contributed by atoms with Crippen LogP contribution in [0.15, 0.2) is 29.2 Å². The van der Waals surface area contributed by atoms with Crippen LogP contribution in [0.25, 0.3) is 0 Å². The highest BCUT2D eigenvalue weighted by molar-refractivity contribution is 5.99. The van der Waals surface area contributed by atoms with Gasteiger partial charge in [-0.1, -0.05) is 19.1 Å². The molecule has 4 rings (SSSR count). The van der Waals surface area contributed by atoms with E-state index in [0.29, 0.717) is 36.6 Å².